The highest BCUT2D eigenvalue weighted by molar-refractivity contribution is 6.36. The maximum absolute atomic E-state index is 11.5. The molecule has 4 nitrogen and oxygen atoms in total. The highest BCUT2D eigenvalue weighted by Gasteiger charge is 2.22. The number of anilines is 1. The van der Waals surface area contributed by atoms with Crippen molar-refractivity contribution in [1.29, 1.82) is 0 Å². The third-order valence-electron chi connectivity index (χ3n) is 2.40. The minimum atomic E-state index is -0.264. The van der Waals surface area contributed by atoms with Crippen LogP contribution in [0.2, 0.25) is 10.0 Å². The average molecular weight is 260 g/mol. The molecule has 0 aliphatic carbocycles. The third kappa shape index (κ3) is 2.57. The van der Waals surface area contributed by atoms with Gasteiger partial charge in [-0.15, -0.1) is 0 Å². The summed E-state index contributed by atoms with van der Waals surface area (Å²) in [5, 5.41) is 6.69. The number of carbonyl (C=O) groups is 1. The molecule has 1 aromatic heterocycles. The zero-order valence-electron chi connectivity index (χ0n) is 8.46. The van der Waals surface area contributed by atoms with Crippen LogP contribution in [0, 0.1) is 0 Å². The van der Waals surface area contributed by atoms with Crippen molar-refractivity contribution in [2.24, 2.45) is 0 Å². The van der Waals surface area contributed by atoms with Gasteiger partial charge in [0, 0.05) is 12.7 Å². The van der Waals surface area contributed by atoms with E-state index in [1.54, 1.807) is 6.07 Å². The monoisotopic (exact) mass is 259 g/mol. The zero-order valence-corrected chi connectivity index (χ0v) is 9.98. The molecule has 2 heterocycles. The molecule has 0 spiro atoms. The van der Waals surface area contributed by atoms with Crippen LogP contribution >= 0.6 is 23.2 Å². The lowest BCUT2D eigenvalue weighted by Crippen LogP contribution is -2.44. The van der Waals surface area contributed by atoms with Gasteiger partial charge in [-0.05, 0) is 18.9 Å². The molecule has 1 amide bonds. The van der Waals surface area contributed by atoms with Crippen LogP contribution in [0.25, 0.3) is 0 Å². The van der Waals surface area contributed by atoms with Gasteiger partial charge in [0.15, 0.2) is 0 Å². The van der Waals surface area contributed by atoms with E-state index >= 15 is 0 Å². The van der Waals surface area contributed by atoms with Crippen LogP contribution in [0.5, 0.6) is 0 Å². The van der Waals surface area contributed by atoms with Crippen LogP contribution in [-0.2, 0) is 4.79 Å². The molecule has 0 radical (unpaired) electrons. The van der Waals surface area contributed by atoms with E-state index in [4.69, 9.17) is 23.2 Å². The van der Waals surface area contributed by atoms with Crippen molar-refractivity contribution in [3.63, 3.8) is 0 Å². The van der Waals surface area contributed by atoms with Gasteiger partial charge in [-0.1, -0.05) is 23.2 Å². The number of halogens is 2. The first-order valence-corrected chi connectivity index (χ1v) is 5.78. The predicted octanol–water partition coefficient (Wildman–Crippen LogP) is 2.08. The summed E-state index contributed by atoms with van der Waals surface area (Å²) in [6.07, 6.45) is 3.23. The predicted molar refractivity (Wildman–Crippen MR) is 63.9 cm³/mol. The molecular formula is C10H11Cl2N3O. The molecule has 1 aliphatic heterocycles. The minimum absolute atomic E-state index is 0.0148. The van der Waals surface area contributed by atoms with Crippen molar-refractivity contribution in [3.8, 4) is 0 Å². The highest BCUT2D eigenvalue weighted by atomic mass is 35.5. The molecule has 1 fully saturated rings. The van der Waals surface area contributed by atoms with E-state index in [0.29, 0.717) is 15.9 Å². The molecule has 1 aromatic rings. The Hall–Kier alpha value is -1.000. The SMILES string of the molecule is O=C1NCCCC1Nc1ncc(Cl)cc1Cl. The lowest BCUT2D eigenvalue weighted by Gasteiger charge is -2.23. The number of piperidine rings is 1. The molecule has 6 heteroatoms. The number of pyridine rings is 1. The number of hydrogen-bond acceptors (Lipinski definition) is 3. The molecule has 16 heavy (non-hydrogen) atoms. The van der Waals surface area contributed by atoms with E-state index in [9.17, 15) is 4.79 Å². The van der Waals surface area contributed by atoms with E-state index in [1.165, 1.54) is 6.20 Å². The molecule has 1 aliphatic rings. The van der Waals surface area contributed by atoms with Gasteiger partial charge in [0.2, 0.25) is 5.91 Å². The van der Waals surface area contributed by atoms with Crippen molar-refractivity contribution in [1.82, 2.24) is 10.3 Å². The van der Waals surface area contributed by atoms with Gasteiger partial charge < -0.3 is 10.6 Å². The van der Waals surface area contributed by atoms with E-state index < -0.39 is 0 Å². The number of nitrogens with zero attached hydrogens (tertiary/aromatic N) is 1. The number of hydrogen-bond donors (Lipinski definition) is 2. The van der Waals surface area contributed by atoms with Crippen molar-refractivity contribution in [2.75, 3.05) is 11.9 Å². The fourth-order valence-electron chi connectivity index (χ4n) is 1.60. The number of nitrogens with one attached hydrogen (secondary N) is 2. The van der Waals surface area contributed by atoms with Crippen molar-refractivity contribution in [3.05, 3.63) is 22.3 Å². The summed E-state index contributed by atoms with van der Waals surface area (Å²) in [5.74, 6) is 0.479. The molecule has 1 atom stereocenters. The first-order chi connectivity index (χ1) is 7.66. The Bertz CT molecular complexity index is 411. The zero-order chi connectivity index (χ0) is 11.5. The average Bonchev–Trinajstić information content (AvgIpc) is 2.25. The molecule has 1 unspecified atom stereocenters. The van der Waals surface area contributed by atoms with Crippen molar-refractivity contribution < 1.29 is 4.79 Å². The highest BCUT2D eigenvalue weighted by Crippen LogP contribution is 2.24. The quantitative estimate of drug-likeness (QED) is 0.855. The van der Waals surface area contributed by atoms with Gasteiger partial charge in [0.05, 0.1) is 10.0 Å². The smallest absolute Gasteiger partial charge is 0.242 e. The molecule has 86 valence electrons. The molecular weight excluding hydrogens is 249 g/mol. The van der Waals surface area contributed by atoms with Crippen LogP contribution in [-0.4, -0.2) is 23.5 Å². The van der Waals surface area contributed by atoms with Crippen molar-refractivity contribution in [2.45, 2.75) is 18.9 Å². The number of carbonyl (C=O) groups excluding carboxylic acids is 1. The maximum atomic E-state index is 11.5. The Balaban J connectivity index is 2.10. The molecule has 2 N–H and O–H groups in total. The van der Waals surface area contributed by atoms with E-state index in [1.807, 2.05) is 0 Å². The van der Waals surface area contributed by atoms with Crippen LogP contribution in [0.1, 0.15) is 12.8 Å². The Labute approximate surface area is 103 Å². The summed E-state index contributed by atoms with van der Waals surface area (Å²) >= 11 is 11.7. The first-order valence-electron chi connectivity index (χ1n) is 5.02. The van der Waals surface area contributed by atoms with Gasteiger partial charge in [-0.3, -0.25) is 4.79 Å². The Morgan fingerprint density at radius 3 is 3.00 bits per heavy atom. The topological polar surface area (TPSA) is 54.0 Å². The van der Waals surface area contributed by atoms with Gasteiger partial charge in [0.1, 0.15) is 11.9 Å². The molecule has 2 rings (SSSR count). The van der Waals surface area contributed by atoms with Crippen molar-refractivity contribution >= 4 is 34.9 Å². The number of rotatable bonds is 2. The first kappa shape index (κ1) is 11.5. The van der Waals surface area contributed by atoms with Gasteiger partial charge in [0.25, 0.3) is 0 Å². The second kappa shape index (κ2) is 4.89. The van der Waals surface area contributed by atoms with Crippen LogP contribution in [0.15, 0.2) is 12.3 Å². The molecule has 0 saturated carbocycles. The van der Waals surface area contributed by atoms with E-state index in [2.05, 4.69) is 15.6 Å². The van der Waals surface area contributed by atoms with Crippen LogP contribution < -0.4 is 10.6 Å². The number of aromatic nitrogens is 1. The maximum Gasteiger partial charge on any atom is 0.242 e. The lowest BCUT2D eigenvalue weighted by atomic mass is 10.1. The molecule has 1 saturated heterocycles. The minimum Gasteiger partial charge on any atom is -0.357 e. The normalized spacial score (nSPS) is 20.4. The Morgan fingerprint density at radius 2 is 2.31 bits per heavy atom. The molecule has 0 bridgehead atoms. The Morgan fingerprint density at radius 1 is 1.50 bits per heavy atom. The number of amides is 1. The van der Waals surface area contributed by atoms with E-state index in [0.717, 1.165) is 19.4 Å². The Kier molecular flexibility index (Phi) is 3.51. The summed E-state index contributed by atoms with van der Waals surface area (Å²) in [4.78, 5) is 15.6. The lowest BCUT2D eigenvalue weighted by molar-refractivity contribution is -0.123. The second-order valence-corrected chi connectivity index (χ2v) is 4.46. The standard InChI is InChI=1S/C10H11Cl2N3O/c11-6-4-7(12)9(14-5-6)15-8-2-1-3-13-10(8)16/h4-5,8H,1-3H2,(H,13,16)(H,14,15). The van der Waals surface area contributed by atoms with E-state index in [-0.39, 0.29) is 11.9 Å². The fourth-order valence-corrected chi connectivity index (χ4v) is 2.03. The summed E-state index contributed by atoms with van der Waals surface area (Å²) in [6, 6.07) is 1.33. The summed E-state index contributed by atoms with van der Waals surface area (Å²) in [6.45, 7) is 0.735. The summed E-state index contributed by atoms with van der Waals surface area (Å²) in [7, 11) is 0. The molecule has 0 aromatic carbocycles. The second-order valence-electron chi connectivity index (χ2n) is 3.61. The van der Waals surface area contributed by atoms with Crippen LogP contribution in [0.3, 0.4) is 0 Å². The van der Waals surface area contributed by atoms with Crippen LogP contribution in [0.4, 0.5) is 5.82 Å². The fraction of sp³-hybridized carbons (Fsp3) is 0.400. The largest absolute Gasteiger partial charge is 0.357 e. The summed E-state index contributed by atoms with van der Waals surface area (Å²) in [5.41, 5.74) is 0. The third-order valence-corrected chi connectivity index (χ3v) is 2.90. The summed E-state index contributed by atoms with van der Waals surface area (Å²) < 4.78 is 0. The van der Waals surface area contributed by atoms with Gasteiger partial charge in [-0.2, -0.15) is 0 Å². The van der Waals surface area contributed by atoms with Gasteiger partial charge in [-0.25, -0.2) is 4.98 Å². The van der Waals surface area contributed by atoms with Gasteiger partial charge >= 0.3 is 0 Å².